The number of nitrogens with zero attached hydrogens (tertiary/aromatic N) is 1. The molecule has 0 aromatic heterocycles. The molecule has 1 rings (SSSR count). The van der Waals surface area contributed by atoms with Crippen molar-refractivity contribution in [3.05, 3.63) is 28.7 Å². The Balaban J connectivity index is 0. The van der Waals surface area contributed by atoms with E-state index in [2.05, 4.69) is 22.9 Å². The Labute approximate surface area is 203 Å². The lowest BCUT2D eigenvalue weighted by molar-refractivity contribution is -0.130. The molecule has 0 aliphatic rings. The zero-order chi connectivity index (χ0) is 25.4. The van der Waals surface area contributed by atoms with Crippen LogP contribution in [0.5, 0.6) is 0 Å². The number of ether oxygens (including phenoxy) is 3. The van der Waals surface area contributed by atoms with Crippen molar-refractivity contribution in [2.24, 2.45) is 0 Å². The molecule has 1 aromatic rings. The molecule has 1 aromatic carbocycles. The molecule has 32 heavy (non-hydrogen) atoms. The van der Waals surface area contributed by atoms with E-state index in [1.807, 2.05) is 41.5 Å². The van der Waals surface area contributed by atoms with Gasteiger partial charge in [0.05, 0.1) is 11.5 Å². The van der Waals surface area contributed by atoms with Gasteiger partial charge < -0.3 is 19.1 Å². The van der Waals surface area contributed by atoms with Gasteiger partial charge in [0.25, 0.3) is 0 Å². The Morgan fingerprint density at radius 3 is 2.03 bits per heavy atom. The maximum atomic E-state index is 11.9. The quantitative estimate of drug-likeness (QED) is 0.362. The highest BCUT2D eigenvalue weighted by Crippen LogP contribution is 2.14. The number of hydrogen-bond donors (Lipinski definition) is 0. The van der Waals surface area contributed by atoms with Crippen LogP contribution in [0.25, 0.3) is 0 Å². The van der Waals surface area contributed by atoms with E-state index >= 15 is 0 Å². The molecular formula is C23H42BrNO6S. The van der Waals surface area contributed by atoms with Crippen LogP contribution < -0.4 is 0 Å². The fraction of sp³-hybridized carbons (Fsp3) is 0.696. The van der Waals surface area contributed by atoms with Gasteiger partial charge in [-0.25, -0.2) is 13.2 Å². The summed E-state index contributed by atoms with van der Waals surface area (Å²) in [7, 11) is -1.41. The second-order valence-corrected chi connectivity index (χ2v) is 10.5. The molecule has 0 aliphatic heterocycles. The lowest BCUT2D eigenvalue weighted by atomic mass is 10.2. The van der Waals surface area contributed by atoms with Gasteiger partial charge >= 0.3 is 6.09 Å². The Morgan fingerprint density at radius 2 is 1.66 bits per heavy atom. The van der Waals surface area contributed by atoms with E-state index in [0.717, 1.165) is 17.3 Å². The van der Waals surface area contributed by atoms with Gasteiger partial charge in [-0.2, -0.15) is 0 Å². The van der Waals surface area contributed by atoms with Crippen molar-refractivity contribution >= 4 is 31.9 Å². The van der Waals surface area contributed by atoms with Gasteiger partial charge in [-0.1, -0.05) is 43.1 Å². The van der Waals surface area contributed by atoms with Crippen LogP contribution in [-0.2, 0) is 24.0 Å². The van der Waals surface area contributed by atoms with Crippen molar-refractivity contribution in [2.45, 2.75) is 78.1 Å². The third-order valence-electron chi connectivity index (χ3n) is 3.73. The number of methoxy groups -OCH3 is 1. The summed E-state index contributed by atoms with van der Waals surface area (Å²) in [6.45, 7) is 15.1. The number of halogens is 1. The monoisotopic (exact) mass is 539 g/mol. The minimum atomic E-state index is -3.04. The van der Waals surface area contributed by atoms with Crippen LogP contribution in [0.1, 0.15) is 61.3 Å². The maximum absolute atomic E-state index is 11.9. The Kier molecular flexibility index (Phi) is 17.9. The summed E-state index contributed by atoms with van der Waals surface area (Å²) in [5.74, 6) is 0. The molecule has 1 amide bonds. The highest BCUT2D eigenvalue weighted by Gasteiger charge is 2.21. The molecule has 7 nitrogen and oxygen atoms in total. The van der Waals surface area contributed by atoms with Crippen molar-refractivity contribution in [1.29, 1.82) is 0 Å². The number of sulfone groups is 1. The summed E-state index contributed by atoms with van der Waals surface area (Å²) in [5.41, 5.74) is -0.470. The number of benzene rings is 1. The fourth-order valence-corrected chi connectivity index (χ4v) is 3.08. The SMILES string of the molecule is CC.CCCC(OC)OCCN(CC)C(=O)OC(C)(C)C.CS(=O)(=O)c1ccc(Br)cc1. The molecule has 9 heteroatoms. The molecule has 1 atom stereocenters. The number of hydrogen-bond acceptors (Lipinski definition) is 6. The number of likely N-dealkylation sites (N-methyl/N-ethyl adjacent to an activating group) is 1. The zero-order valence-corrected chi connectivity index (χ0v) is 23.5. The van der Waals surface area contributed by atoms with Gasteiger partial charge in [-0.05, 0) is 58.4 Å². The molecule has 0 saturated heterocycles. The minimum absolute atomic E-state index is 0.192. The average molecular weight is 541 g/mol. The summed E-state index contributed by atoms with van der Waals surface area (Å²) in [5, 5.41) is 0. The number of amides is 1. The van der Waals surface area contributed by atoms with Gasteiger partial charge in [0.1, 0.15) is 5.60 Å². The van der Waals surface area contributed by atoms with E-state index in [1.165, 1.54) is 6.26 Å². The molecule has 0 aliphatic carbocycles. The molecule has 188 valence electrons. The average Bonchev–Trinajstić information content (AvgIpc) is 2.70. The van der Waals surface area contributed by atoms with Crippen LogP contribution in [-0.4, -0.2) is 64.4 Å². The highest BCUT2D eigenvalue weighted by atomic mass is 79.9. The van der Waals surface area contributed by atoms with Crippen LogP contribution >= 0.6 is 15.9 Å². The van der Waals surface area contributed by atoms with Gasteiger partial charge in [0.15, 0.2) is 16.1 Å². The molecule has 0 heterocycles. The van der Waals surface area contributed by atoms with Crippen LogP contribution in [0.3, 0.4) is 0 Å². The summed E-state index contributed by atoms with van der Waals surface area (Å²) in [6, 6.07) is 6.55. The van der Waals surface area contributed by atoms with E-state index < -0.39 is 15.4 Å². The van der Waals surface area contributed by atoms with Gasteiger partial charge in [0.2, 0.25) is 0 Å². The lowest BCUT2D eigenvalue weighted by Gasteiger charge is -2.27. The molecule has 0 bridgehead atoms. The van der Waals surface area contributed by atoms with Crippen molar-refractivity contribution in [2.75, 3.05) is 33.1 Å². The Hall–Kier alpha value is -1.16. The number of rotatable bonds is 9. The predicted octanol–water partition coefficient (Wildman–Crippen LogP) is 5.91. The normalized spacial score (nSPS) is 11.9. The first-order valence-electron chi connectivity index (χ1n) is 10.9. The van der Waals surface area contributed by atoms with Crippen LogP contribution in [0, 0.1) is 0 Å². The Bertz CT molecular complexity index is 717. The topological polar surface area (TPSA) is 82.1 Å². The second-order valence-electron chi connectivity index (χ2n) is 7.61. The van der Waals surface area contributed by atoms with Gasteiger partial charge in [0, 0.05) is 30.9 Å². The maximum Gasteiger partial charge on any atom is 0.410 e. The third-order valence-corrected chi connectivity index (χ3v) is 5.38. The molecule has 0 radical (unpaired) electrons. The first-order chi connectivity index (χ1) is 14.8. The summed E-state index contributed by atoms with van der Waals surface area (Å²) in [4.78, 5) is 13.9. The third kappa shape index (κ3) is 16.5. The molecule has 0 saturated carbocycles. The van der Waals surface area contributed by atoms with Crippen LogP contribution in [0.2, 0.25) is 0 Å². The van der Waals surface area contributed by atoms with Gasteiger partial charge in [-0.15, -0.1) is 0 Å². The number of carbonyl (C=O) groups excluding carboxylic acids is 1. The van der Waals surface area contributed by atoms with Crippen LogP contribution in [0.15, 0.2) is 33.6 Å². The molecule has 0 N–H and O–H groups in total. The lowest BCUT2D eigenvalue weighted by Crippen LogP contribution is -2.39. The van der Waals surface area contributed by atoms with E-state index in [9.17, 15) is 13.2 Å². The summed E-state index contributed by atoms with van der Waals surface area (Å²) < 4.78 is 38.8. The van der Waals surface area contributed by atoms with E-state index in [0.29, 0.717) is 24.6 Å². The van der Waals surface area contributed by atoms with Crippen molar-refractivity contribution in [1.82, 2.24) is 4.90 Å². The standard InChI is InChI=1S/C14H29NO4.C7H7BrO2S.C2H6/c1-7-9-12(17-6)18-11-10-15(8-2)13(16)19-14(3,4)5;1-11(9,10)7-4-2-6(8)3-5-7;1-2/h12H,7-11H2,1-6H3;2-5H,1H3;1-2H3. The molecule has 0 fully saturated rings. The molecule has 1 unspecified atom stereocenters. The van der Waals surface area contributed by atoms with Gasteiger partial charge in [-0.3, -0.25) is 0 Å². The zero-order valence-electron chi connectivity index (χ0n) is 21.1. The fourth-order valence-electron chi connectivity index (χ4n) is 2.19. The highest BCUT2D eigenvalue weighted by molar-refractivity contribution is 9.10. The first-order valence-corrected chi connectivity index (χ1v) is 13.6. The van der Waals surface area contributed by atoms with Crippen molar-refractivity contribution in [3.8, 4) is 0 Å². The second kappa shape index (κ2) is 17.3. The van der Waals surface area contributed by atoms with E-state index in [4.69, 9.17) is 14.2 Å². The molecular weight excluding hydrogens is 498 g/mol. The smallest absolute Gasteiger partial charge is 0.410 e. The molecule has 0 spiro atoms. The van der Waals surface area contributed by atoms with Crippen molar-refractivity contribution in [3.63, 3.8) is 0 Å². The first kappa shape index (κ1) is 33.0. The summed E-state index contributed by atoms with van der Waals surface area (Å²) >= 11 is 3.22. The minimum Gasteiger partial charge on any atom is -0.444 e. The summed E-state index contributed by atoms with van der Waals surface area (Å²) in [6.07, 6.45) is 2.55. The van der Waals surface area contributed by atoms with E-state index in [-0.39, 0.29) is 12.4 Å². The van der Waals surface area contributed by atoms with Crippen LogP contribution in [0.4, 0.5) is 4.79 Å². The Morgan fingerprint density at radius 1 is 1.12 bits per heavy atom. The largest absolute Gasteiger partial charge is 0.444 e. The van der Waals surface area contributed by atoms with E-state index in [1.54, 1.807) is 36.3 Å². The van der Waals surface area contributed by atoms with Crippen molar-refractivity contribution < 1.29 is 27.4 Å². The predicted molar refractivity (Wildman–Crippen MR) is 134 cm³/mol. The number of carbonyl (C=O) groups is 1.